The molecular weight excluding hydrogens is 468 g/mol. The standard InChI is InChI=1S/C29H38N4O4/c1-21(2)20-26(27(34)31-15-14-30)36-25-9-7-6-8-24(25)22-10-12-23(13-11-22)32-16-18-33(19-17-32)28(35)37-29(3,4)5/h6-13,21,26H,15-20H2,1-5H3,(H,31,34). The third-order valence-corrected chi connectivity index (χ3v) is 5.95. The predicted molar refractivity (Wildman–Crippen MR) is 144 cm³/mol. The Morgan fingerprint density at radius 2 is 1.68 bits per heavy atom. The van der Waals surface area contributed by atoms with Crippen molar-refractivity contribution < 1.29 is 19.1 Å². The molecule has 2 aromatic rings. The van der Waals surface area contributed by atoms with Crippen LogP contribution in [0.15, 0.2) is 48.5 Å². The lowest BCUT2D eigenvalue weighted by molar-refractivity contribution is -0.128. The highest BCUT2D eigenvalue weighted by atomic mass is 16.6. The molecule has 0 saturated carbocycles. The van der Waals surface area contributed by atoms with Gasteiger partial charge in [0.15, 0.2) is 6.10 Å². The lowest BCUT2D eigenvalue weighted by atomic mass is 10.0. The maximum Gasteiger partial charge on any atom is 0.410 e. The second kappa shape index (κ2) is 12.5. The van der Waals surface area contributed by atoms with E-state index in [0.717, 1.165) is 29.9 Å². The summed E-state index contributed by atoms with van der Waals surface area (Å²) in [5, 5.41) is 11.4. The van der Waals surface area contributed by atoms with E-state index in [1.807, 2.05) is 77.1 Å². The van der Waals surface area contributed by atoms with Crippen molar-refractivity contribution in [3.8, 4) is 22.9 Å². The predicted octanol–water partition coefficient (Wildman–Crippen LogP) is 4.84. The third-order valence-electron chi connectivity index (χ3n) is 5.95. The molecule has 1 heterocycles. The number of carbonyl (C=O) groups excluding carboxylic acids is 2. The molecule has 1 saturated heterocycles. The number of carbonyl (C=O) groups is 2. The van der Waals surface area contributed by atoms with Crippen LogP contribution in [0.1, 0.15) is 41.0 Å². The minimum atomic E-state index is -0.685. The number of ether oxygens (including phenoxy) is 2. The lowest BCUT2D eigenvalue weighted by Crippen LogP contribution is -2.50. The summed E-state index contributed by atoms with van der Waals surface area (Å²) < 4.78 is 11.7. The molecule has 3 rings (SSSR count). The quantitative estimate of drug-likeness (QED) is 0.515. The van der Waals surface area contributed by atoms with Crippen LogP contribution in [0.3, 0.4) is 0 Å². The second-order valence-electron chi connectivity index (χ2n) is 10.6. The van der Waals surface area contributed by atoms with Crippen LogP contribution >= 0.6 is 0 Å². The van der Waals surface area contributed by atoms with E-state index in [-0.39, 0.29) is 24.5 Å². The van der Waals surface area contributed by atoms with Gasteiger partial charge >= 0.3 is 6.09 Å². The molecule has 0 aromatic heterocycles. The zero-order valence-corrected chi connectivity index (χ0v) is 22.5. The van der Waals surface area contributed by atoms with Gasteiger partial charge in [-0.15, -0.1) is 0 Å². The van der Waals surface area contributed by atoms with Crippen LogP contribution in [0.25, 0.3) is 11.1 Å². The summed E-state index contributed by atoms with van der Waals surface area (Å²) in [4.78, 5) is 29.0. The number of benzene rings is 2. The molecule has 2 amide bonds. The highest BCUT2D eigenvalue weighted by molar-refractivity contribution is 5.82. The van der Waals surface area contributed by atoms with Crippen molar-refractivity contribution in [1.82, 2.24) is 10.2 Å². The van der Waals surface area contributed by atoms with Gasteiger partial charge in [-0.2, -0.15) is 5.26 Å². The summed E-state index contributed by atoms with van der Waals surface area (Å²) in [6.45, 7) is 12.3. The Kier molecular flexibility index (Phi) is 9.40. The fourth-order valence-corrected chi connectivity index (χ4v) is 4.16. The van der Waals surface area contributed by atoms with Gasteiger partial charge in [0.05, 0.1) is 6.07 Å². The molecule has 0 bridgehead atoms. The topological polar surface area (TPSA) is 94.9 Å². The highest BCUT2D eigenvalue weighted by Gasteiger charge is 2.26. The van der Waals surface area contributed by atoms with E-state index >= 15 is 0 Å². The van der Waals surface area contributed by atoms with Gasteiger partial charge in [-0.05, 0) is 56.9 Å². The average molecular weight is 507 g/mol. The van der Waals surface area contributed by atoms with Crippen LogP contribution < -0.4 is 15.0 Å². The monoisotopic (exact) mass is 506 g/mol. The molecule has 1 fully saturated rings. The van der Waals surface area contributed by atoms with Gasteiger partial charge in [0.25, 0.3) is 5.91 Å². The van der Waals surface area contributed by atoms with Crippen molar-refractivity contribution in [3.63, 3.8) is 0 Å². The highest BCUT2D eigenvalue weighted by Crippen LogP contribution is 2.32. The van der Waals surface area contributed by atoms with E-state index in [4.69, 9.17) is 14.7 Å². The molecule has 198 valence electrons. The van der Waals surface area contributed by atoms with Crippen molar-refractivity contribution in [2.45, 2.75) is 52.7 Å². The summed E-state index contributed by atoms with van der Waals surface area (Å²) in [7, 11) is 0. The first-order chi connectivity index (χ1) is 17.6. The Morgan fingerprint density at radius 1 is 1.03 bits per heavy atom. The fourth-order valence-electron chi connectivity index (χ4n) is 4.16. The number of piperazine rings is 1. The molecule has 1 aliphatic rings. The molecule has 1 aliphatic heterocycles. The lowest BCUT2D eigenvalue weighted by Gasteiger charge is -2.36. The molecular formula is C29H38N4O4. The maximum atomic E-state index is 12.6. The van der Waals surface area contributed by atoms with E-state index in [2.05, 4.69) is 22.3 Å². The number of amides is 2. The first-order valence-corrected chi connectivity index (χ1v) is 12.8. The summed E-state index contributed by atoms with van der Waals surface area (Å²) in [6.07, 6.45) is -0.411. The van der Waals surface area contributed by atoms with Crippen molar-refractivity contribution in [2.75, 3.05) is 37.6 Å². The Balaban J connectivity index is 1.69. The molecule has 0 radical (unpaired) electrons. The zero-order valence-electron chi connectivity index (χ0n) is 22.5. The molecule has 1 atom stereocenters. The maximum absolute atomic E-state index is 12.6. The zero-order chi connectivity index (χ0) is 27.0. The smallest absolute Gasteiger partial charge is 0.410 e. The van der Waals surface area contributed by atoms with E-state index in [1.165, 1.54) is 0 Å². The van der Waals surface area contributed by atoms with E-state index in [9.17, 15) is 9.59 Å². The van der Waals surface area contributed by atoms with Gasteiger partial charge in [0, 0.05) is 37.4 Å². The van der Waals surface area contributed by atoms with Crippen molar-refractivity contribution in [1.29, 1.82) is 5.26 Å². The van der Waals surface area contributed by atoms with E-state index < -0.39 is 11.7 Å². The van der Waals surface area contributed by atoms with Gasteiger partial charge in [-0.1, -0.05) is 44.2 Å². The van der Waals surface area contributed by atoms with Crippen LogP contribution in [0.4, 0.5) is 10.5 Å². The van der Waals surface area contributed by atoms with Gasteiger partial charge in [0.2, 0.25) is 0 Å². The van der Waals surface area contributed by atoms with Crippen molar-refractivity contribution in [3.05, 3.63) is 48.5 Å². The number of nitrogens with one attached hydrogen (secondary N) is 1. The number of nitrogens with zero attached hydrogens (tertiary/aromatic N) is 3. The number of anilines is 1. The molecule has 1 N–H and O–H groups in total. The number of nitriles is 1. The normalized spacial score (nSPS) is 14.6. The molecule has 8 heteroatoms. The Morgan fingerprint density at radius 3 is 2.27 bits per heavy atom. The van der Waals surface area contributed by atoms with Gasteiger partial charge in [0.1, 0.15) is 17.9 Å². The summed E-state index contributed by atoms with van der Waals surface area (Å²) >= 11 is 0. The molecule has 37 heavy (non-hydrogen) atoms. The fraction of sp³-hybridized carbons (Fsp3) is 0.483. The summed E-state index contributed by atoms with van der Waals surface area (Å²) in [5.41, 5.74) is 2.46. The Labute approximate surface area is 220 Å². The van der Waals surface area contributed by atoms with E-state index in [0.29, 0.717) is 25.3 Å². The molecule has 0 spiro atoms. The number of hydrogen-bond acceptors (Lipinski definition) is 6. The molecule has 8 nitrogen and oxygen atoms in total. The molecule has 1 unspecified atom stereocenters. The van der Waals surface area contributed by atoms with Crippen molar-refractivity contribution in [2.24, 2.45) is 5.92 Å². The first-order valence-electron chi connectivity index (χ1n) is 12.8. The SMILES string of the molecule is CC(C)CC(Oc1ccccc1-c1ccc(N2CCN(C(=O)OC(C)(C)C)CC2)cc1)C(=O)NCC#N. The number of para-hydroxylation sites is 1. The van der Waals surface area contributed by atoms with Crippen LogP contribution in [-0.2, 0) is 9.53 Å². The second-order valence-corrected chi connectivity index (χ2v) is 10.6. The van der Waals surface area contributed by atoms with Crippen LogP contribution in [0.2, 0.25) is 0 Å². The van der Waals surface area contributed by atoms with Crippen molar-refractivity contribution >= 4 is 17.7 Å². The average Bonchev–Trinajstić information content (AvgIpc) is 2.86. The first kappa shape index (κ1) is 27.9. The largest absolute Gasteiger partial charge is 0.480 e. The summed E-state index contributed by atoms with van der Waals surface area (Å²) in [5.74, 6) is 0.588. The number of hydrogen-bond donors (Lipinski definition) is 1. The van der Waals surface area contributed by atoms with Crippen LogP contribution in [-0.4, -0.2) is 61.3 Å². The Bertz CT molecular complexity index is 1090. The summed E-state index contributed by atoms with van der Waals surface area (Å²) in [6, 6.07) is 17.8. The number of rotatable bonds is 8. The minimum Gasteiger partial charge on any atom is -0.480 e. The van der Waals surface area contributed by atoms with Crippen LogP contribution in [0.5, 0.6) is 5.75 Å². The van der Waals surface area contributed by atoms with Gasteiger partial charge in [-0.3, -0.25) is 4.79 Å². The Hall–Kier alpha value is -3.73. The van der Waals surface area contributed by atoms with Gasteiger partial charge < -0.3 is 24.6 Å². The van der Waals surface area contributed by atoms with E-state index in [1.54, 1.807) is 4.90 Å². The minimum absolute atomic E-state index is 0.0497. The van der Waals surface area contributed by atoms with Crippen LogP contribution in [0, 0.1) is 17.2 Å². The molecule has 2 aromatic carbocycles. The third kappa shape index (κ3) is 8.14. The van der Waals surface area contributed by atoms with Gasteiger partial charge in [-0.25, -0.2) is 4.79 Å². The molecule has 0 aliphatic carbocycles.